The molecule has 2 nitrogen and oxygen atoms in total. The van der Waals surface area contributed by atoms with Gasteiger partial charge in [0, 0.05) is 24.9 Å². The van der Waals surface area contributed by atoms with Gasteiger partial charge in [-0.05, 0) is 19.1 Å². The summed E-state index contributed by atoms with van der Waals surface area (Å²) >= 11 is 1.63. The highest BCUT2D eigenvalue weighted by atomic mass is 32.2. The minimum Gasteiger partial charge on any atom is -0.396 e. The molecule has 2 N–H and O–H groups in total. The van der Waals surface area contributed by atoms with E-state index in [0.717, 1.165) is 17.9 Å². The van der Waals surface area contributed by atoms with Crippen molar-refractivity contribution >= 4 is 11.8 Å². The van der Waals surface area contributed by atoms with Crippen molar-refractivity contribution in [2.45, 2.75) is 32.0 Å². The molecular weight excluding hydrogens is 227 g/mol. The zero-order chi connectivity index (χ0) is 11.7. The fraction of sp³-hybridized carbons (Fsp3) is 1.00. The van der Waals surface area contributed by atoms with Crippen LogP contribution in [0.15, 0.2) is 0 Å². The van der Waals surface area contributed by atoms with E-state index in [4.69, 9.17) is 5.11 Å². The second kappa shape index (κ2) is 8.24. The van der Waals surface area contributed by atoms with Crippen molar-refractivity contribution in [1.82, 2.24) is 5.32 Å². The molecule has 0 aliphatic heterocycles. The lowest BCUT2D eigenvalue weighted by Gasteiger charge is -2.15. The third kappa shape index (κ3) is 12.0. The van der Waals surface area contributed by atoms with E-state index in [1.807, 2.05) is 0 Å². The third-order valence-corrected chi connectivity index (χ3v) is 2.79. The van der Waals surface area contributed by atoms with E-state index in [2.05, 4.69) is 5.32 Å². The lowest BCUT2D eigenvalue weighted by molar-refractivity contribution is -0.138. The Morgan fingerprint density at radius 3 is 2.53 bits per heavy atom. The average Bonchev–Trinajstić information content (AvgIpc) is 2.08. The summed E-state index contributed by atoms with van der Waals surface area (Å²) in [6.45, 7) is 2.28. The first-order chi connectivity index (χ1) is 6.95. The summed E-state index contributed by atoms with van der Waals surface area (Å²) in [6, 6.07) is -0.525. The normalized spacial score (nSPS) is 14.2. The van der Waals surface area contributed by atoms with Gasteiger partial charge in [-0.1, -0.05) is 0 Å². The van der Waals surface area contributed by atoms with Crippen LogP contribution in [0.25, 0.3) is 0 Å². The molecule has 0 aliphatic rings. The summed E-state index contributed by atoms with van der Waals surface area (Å²) in [5, 5.41) is 11.3. The van der Waals surface area contributed by atoms with Gasteiger partial charge in [-0.3, -0.25) is 0 Å². The zero-order valence-corrected chi connectivity index (χ0v) is 9.63. The van der Waals surface area contributed by atoms with Crippen LogP contribution in [0.3, 0.4) is 0 Å². The Kier molecular flexibility index (Phi) is 8.27. The number of rotatable bonds is 8. The lowest BCUT2D eigenvalue weighted by atomic mass is 10.2. The fourth-order valence-corrected chi connectivity index (χ4v) is 1.87. The second-order valence-corrected chi connectivity index (χ2v) is 4.59. The first kappa shape index (κ1) is 15.1. The summed E-state index contributed by atoms with van der Waals surface area (Å²) in [5.41, 5.74) is 0. The van der Waals surface area contributed by atoms with Gasteiger partial charge in [-0.2, -0.15) is 24.9 Å². The average molecular weight is 245 g/mol. The van der Waals surface area contributed by atoms with Gasteiger partial charge in [0.05, 0.1) is 6.42 Å². The van der Waals surface area contributed by atoms with Gasteiger partial charge in [0.15, 0.2) is 0 Å². The summed E-state index contributed by atoms with van der Waals surface area (Å²) in [7, 11) is 0. The van der Waals surface area contributed by atoms with Crippen molar-refractivity contribution < 1.29 is 18.3 Å². The molecule has 0 aromatic carbocycles. The number of halogens is 3. The summed E-state index contributed by atoms with van der Waals surface area (Å²) in [4.78, 5) is 0. The quantitative estimate of drug-likeness (QED) is 0.642. The van der Waals surface area contributed by atoms with E-state index in [0.29, 0.717) is 6.54 Å². The first-order valence-corrected chi connectivity index (χ1v) is 6.10. The van der Waals surface area contributed by atoms with Crippen molar-refractivity contribution in [3.05, 3.63) is 0 Å². The largest absolute Gasteiger partial charge is 0.396 e. The van der Waals surface area contributed by atoms with Crippen LogP contribution >= 0.6 is 11.8 Å². The molecule has 0 aromatic heterocycles. The van der Waals surface area contributed by atoms with Crippen LogP contribution in [0.4, 0.5) is 13.2 Å². The van der Waals surface area contributed by atoms with E-state index in [1.165, 1.54) is 6.92 Å². The van der Waals surface area contributed by atoms with Gasteiger partial charge in [-0.25, -0.2) is 0 Å². The van der Waals surface area contributed by atoms with Crippen molar-refractivity contribution in [3.63, 3.8) is 0 Å². The highest BCUT2D eigenvalue weighted by Gasteiger charge is 2.29. The minimum absolute atomic E-state index is 0.172. The van der Waals surface area contributed by atoms with Gasteiger partial charge in [0.1, 0.15) is 0 Å². The van der Waals surface area contributed by atoms with Crippen LogP contribution in [0.1, 0.15) is 19.8 Å². The molecule has 92 valence electrons. The number of hydrogen-bond donors (Lipinski definition) is 2. The predicted octanol–water partition coefficient (Wildman–Crippen LogP) is 2.03. The van der Waals surface area contributed by atoms with E-state index in [-0.39, 0.29) is 6.61 Å². The van der Waals surface area contributed by atoms with Crippen LogP contribution in [0, 0.1) is 0 Å². The standard InChI is InChI=1S/C9H18F3NOS/c1-8(7-9(10,11)12)13-3-6-15-5-2-4-14/h8,13-14H,2-7H2,1H3. The van der Waals surface area contributed by atoms with Gasteiger partial charge < -0.3 is 10.4 Å². The molecule has 0 bridgehead atoms. The molecule has 0 radical (unpaired) electrons. The molecule has 0 heterocycles. The minimum atomic E-state index is -4.09. The van der Waals surface area contributed by atoms with Crippen molar-refractivity contribution in [3.8, 4) is 0 Å². The van der Waals surface area contributed by atoms with Crippen LogP contribution in [0.5, 0.6) is 0 Å². The monoisotopic (exact) mass is 245 g/mol. The number of aliphatic hydroxyl groups is 1. The Morgan fingerprint density at radius 1 is 1.33 bits per heavy atom. The molecule has 6 heteroatoms. The highest BCUT2D eigenvalue weighted by Crippen LogP contribution is 2.21. The number of thioether (sulfide) groups is 1. The first-order valence-electron chi connectivity index (χ1n) is 4.94. The van der Waals surface area contributed by atoms with Crippen molar-refractivity contribution in [1.29, 1.82) is 0 Å². The molecule has 0 amide bonds. The van der Waals surface area contributed by atoms with Crippen molar-refractivity contribution in [2.24, 2.45) is 0 Å². The van der Waals surface area contributed by atoms with Gasteiger partial charge in [-0.15, -0.1) is 0 Å². The lowest BCUT2D eigenvalue weighted by Crippen LogP contribution is -2.32. The van der Waals surface area contributed by atoms with Gasteiger partial charge >= 0.3 is 6.18 Å². The predicted molar refractivity (Wildman–Crippen MR) is 57.2 cm³/mol. The molecule has 1 atom stereocenters. The van der Waals surface area contributed by atoms with Crippen LogP contribution in [0.2, 0.25) is 0 Å². The number of hydrogen-bond acceptors (Lipinski definition) is 3. The number of alkyl halides is 3. The van der Waals surface area contributed by atoms with Crippen LogP contribution in [-0.2, 0) is 0 Å². The Bertz CT molecular complexity index is 155. The molecular formula is C9H18F3NOS. The Morgan fingerprint density at radius 2 is 2.00 bits per heavy atom. The smallest absolute Gasteiger partial charge is 0.390 e. The SMILES string of the molecule is CC(CC(F)(F)F)NCCSCCCO. The van der Waals surface area contributed by atoms with E-state index >= 15 is 0 Å². The van der Waals surface area contributed by atoms with E-state index in [1.54, 1.807) is 11.8 Å². The fourth-order valence-electron chi connectivity index (χ4n) is 1.07. The number of nitrogens with one attached hydrogen (secondary N) is 1. The second-order valence-electron chi connectivity index (χ2n) is 3.36. The molecule has 0 saturated carbocycles. The Hall–Kier alpha value is 0.0600. The molecule has 0 aromatic rings. The molecule has 0 rings (SSSR count). The third-order valence-electron chi connectivity index (χ3n) is 1.72. The molecule has 0 spiro atoms. The summed E-state index contributed by atoms with van der Waals surface area (Å²) in [6.07, 6.45) is -4.13. The molecule has 1 unspecified atom stereocenters. The Balaban J connectivity index is 3.28. The van der Waals surface area contributed by atoms with Crippen LogP contribution < -0.4 is 5.32 Å². The molecule has 0 fully saturated rings. The topological polar surface area (TPSA) is 32.3 Å². The maximum Gasteiger partial charge on any atom is 0.390 e. The summed E-state index contributed by atoms with van der Waals surface area (Å²) in [5.74, 6) is 1.63. The maximum atomic E-state index is 11.9. The maximum absolute atomic E-state index is 11.9. The van der Waals surface area contributed by atoms with E-state index in [9.17, 15) is 13.2 Å². The molecule has 0 saturated heterocycles. The molecule has 0 aliphatic carbocycles. The Labute approximate surface area is 92.6 Å². The summed E-state index contributed by atoms with van der Waals surface area (Å²) < 4.78 is 35.7. The number of aliphatic hydroxyl groups excluding tert-OH is 1. The van der Waals surface area contributed by atoms with Crippen LogP contribution in [-0.4, -0.2) is 42.0 Å². The zero-order valence-electron chi connectivity index (χ0n) is 8.81. The van der Waals surface area contributed by atoms with E-state index < -0.39 is 18.6 Å². The van der Waals surface area contributed by atoms with Gasteiger partial charge in [0.25, 0.3) is 0 Å². The van der Waals surface area contributed by atoms with Gasteiger partial charge in [0.2, 0.25) is 0 Å². The molecule has 15 heavy (non-hydrogen) atoms. The highest BCUT2D eigenvalue weighted by molar-refractivity contribution is 7.99. The van der Waals surface area contributed by atoms with Crippen molar-refractivity contribution in [2.75, 3.05) is 24.7 Å².